The molecule has 3 rings (SSSR count). The molecule has 1 fully saturated rings. The van der Waals surface area contributed by atoms with Crippen LogP contribution in [-0.4, -0.2) is 27.4 Å². The van der Waals surface area contributed by atoms with Crippen molar-refractivity contribution in [1.29, 1.82) is 0 Å². The van der Waals surface area contributed by atoms with Crippen LogP contribution in [-0.2, 0) is 20.2 Å². The maximum absolute atomic E-state index is 12.5. The van der Waals surface area contributed by atoms with E-state index in [9.17, 15) is 13.2 Å². The smallest absolute Gasteiger partial charge is 0.240 e. The average Bonchev–Trinajstić information content (AvgIpc) is 3.41. The van der Waals surface area contributed by atoms with Crippen molar-refractivity contribution in [1.82, 2.24) is 10.0 Å². The summed E-state index contributed by atoms with van der Waals surface area (Å²) < 4.78 is 26.8. The summed E-state index contributed by atoms with van der Waals surface area (Å²) in [5, 5.41) is 3.18. The first kappa shape index (κ1) is 17.9. The van der Waals surface area contributed by atoms with Crippen LogP contribution in [0.25, 0.3) is 0 Å². The van der Waals surface area contributed by atoms with Gasteiger partial charge in [0.2, 0.25) is 15.9 Å². The fraction of sp³-hybridized carbons (Fsp3) is 0.278. The Hall–Kier alpha value is -1.89. The third kappa shape index (κ3) is 4.03. The van der Waals surface area contributed by atoms with E-state index < -0.39 is 15.4 Å². The largest absolute Gasteiger partial charge is 0.354 e. The molecule has 0 heterocycles. The normalized spacial score (nSPS) is 15.6. The summed E-state index contributed by atoms with van der Waals surface area (Å²) >= 11 is 5.82. The van der Waals surface area contributed by atoms with Crippen molar-refractivity contribution < 1.29 is 13.2 Å². The molecular weight excluding hydrogens is 360 g/mol. The van der Waals surface area contributed by atoms with Crippen LogP contribution in [0.3, 0.4) is 0 Å². The zero-order valence-electron chi connectivity index (χ0n) is 13.5. The summed E-state index contributed by atoms with van der Waals surface area (Å²) in [5.41, 5.74) is 0.555. The second kappa shape index (κ2) is 7.15. The van der Waals surface area contributed by atoms with Gasteiger partial charge in [0.05, 0.1) is 10.3 Å². The first-order valence-corrected chi connectivity index (χ1v) is 9.89. The van der Waals surface area contributed by atoms with Crippen molar-refractivity contribution in [3.8, 4) is 0 Å². The highest BCUT2D eigenvalue weighted by Crippen LogP contribution is 2.48. The fourth-order valence-corrected chi connectivity index (χ4v) is 4.11. The number of hydrogen-bond donors (Lipinski definition) is 2. The van der Waals surface area contributed by atoms with Crippen LogP contribution in [0, 0.1) is 0 Å². The lowest BCUT2D eigenvalue weighted by atomic mass is 9.95. The van der Waals surface area contributed by atoms with Crippen LogP contribution in [0.1, 0.15) is 18.4 Å². The number of rotatable bonds is 7. The third-order valence-electron chi connectivity index (χ3n) is 4.32. The van der Waals surface area contributed by atoms with E-state index in [2.05, 4.69) is 10.0 Å². The molecule has 0 atom stereocenters. The molecule has 0 radical (unpaired) electrons. The Balaban J connectivity index is 1.53. The summed E-state index contributed by atoms with van der Waals surface area (Å²) in [6, 6.07) is 15.7. The summed E-state index contributed by atoms with van der Waals surface area (Å²) in [5.74, 6) is -0.0550. The van der Waals surface area contributed by atoms with E-state index in [4.69, 9.17) is 11.6 Å². The summed E-state index contributed by atoms with van der Waals surface area (Å²) in [4.78, 5) is 12.6. The maximum Gasteiger partial charge on any atom is 0.240 e. The summed E-state index contributed by atoms with van der Waals surface area (Å²) in [6.45, 7) is 0.346. The Labute approximate surface area is 152 Å². The summed E-state index contributed by atoms with van der Waals surface area (Å²) in [7, 11) is -3.64. The van der Waals surface area contributed by atoms with E-state index in [-0.39, 0.29) is 23.9 Å². The molecule has 1 amide bonds. The minimum Gasteiger partial charge on any atom is -0.354 e. The molecule has 2 N–H and O–H groups in total. The molecule has 2 aromatic rings. The molecule has 0 unspecified atom stereocenters. The number of nitrogens with one attached hydrogen (secondary N) is 2. The first-order valence-electron chi connectivity index (χ1n) is 8.03. The topological polar surface area (TPSA) is 75.3 Å². The van der Waals surface area contributed by atoms with E-state index >= 15 is 0 Å². The number of carbonyl (C=O) groups excluding carboxylic acids is 1. The Morgan fingerprint density at radius 1 is 1.04 bits per heavy atom. The number of amides is 1. The van der Waals surface area contributed by atoms with Gasteiger partial charge < -0.3 is 5.32 Å². The van der Waals surface area contributed by atoms with Crippen molar-refractivity contribution in [3.05, 3.63) is 65.2 Å². The molecule has 1 aliphatic rings. The predicted octanol–water partition coefficient (Wildman–Crippen LogP) is 2.47. The Morgan fingerprint density at radius 3 is 2.40 bits per heavy atom. The van der Waals surface area contributed by atoms with Gasteiger partial charge in [0.25, 0.3) is 0 Å². The quantitative estimate of drug-likeness (QED) is 0.727. The molecule has 132 valence electrons. The van der Waals surface area contributed by atoms with Crippen molar-refractivity contribution in [2.24, 2.45) is 0 Å². The van der Waals surface area contributed by atoms with Crippen LogP contribution >= 0.6 is 11.6 Å². The zero-order valence-corrected chi connectivity index (χ0v) is 15.1. The highest BCUT2D eigenvalue weighted by atomic mass is 35.5. The van der Waals surface area contributed by atoms with Gasteiger partial charge in [-0.15, -0.1) is 0 Å². The Kier molecular flexibility index (Phi) is 5.13. The van der Waals surface area contributed by atoms with Crippen LogP contribution < -0.4 is 10.0 Å². The molecule has 0 saturated heterocycles. The molecule has 1 saturated carbocycles. The lowest BCUT2D eigenvalue weighted by Gasteiger charge is -2.16. The minimum absolute atomic E-state index is 0.0550. The second-order valence-corrected chi connectivity index (χ2v) is 8.26. The lowest BCUT2D eigenvalue weighted by Crippen LogP contribution is -2.39. The Morgan fingerprint density at radius 2 is 1.76 bits per heavy atom. The number of halogens is 1. The summed E-state index contributed by atoms with van der Waals surface area (Å²) in [6.07, 6.45) is 1.63. The highest BCUT2D eigenvalue weighted by molar-refractivity contribution is 7.89. The molecule has 0 spiro atoms. The van der Waals surface area contributed by atoms with Gasteiger partial charge in [0.1, 0.15) is 0 Å². The van der Waals surface area contributed by atoms with Crippen molar-refractivity contribution in [3.63, 3.8) is 0 Å². The average molecular weight is 379 g/mol. The van der Waals surface area contributed by atoms with Gasteiger partial charge in [-0.05, 0) is 36.6 Å². The zero-order chi connectivity index (χ0) is 17.9. The first-order chi connectivity index (χ1) is 11.9. The van der Waals surface area contributed by atoms with Gasteiger partial charge in [-0.1, -0.05) is 48.0 Å². The fourth-order valence-electron chi connectivity index (χ4n) is 2.78. The molecule has 0 aliphatic heterocycles. The van der Waals surface area contributed by atoms with Gasteiger partial charge in [0, 0.05) is 18.1 Å². The molecule has 0 bridgehead atoms. The number of hydrogen-bond acceptors (Lipinski definition) is 3. The molecule has 25 heavy (non-hydrogen) atoms. The second-order valence-electron chi connectivity index (χ2n) is 6.06. The minimum atomic E-state index is -3.64. The van der Waals surface area contributed by atoms with Crippen LogP contribution in [0.2, 0.25) is 5.02 Å². The molecule has 5 nitrogen and oxygen atoms in total. The lowest BCUT2D eigenvalue weighted by molar-refractivity contribution is -0.123. The van der Waals surface area contributed by atoms with Crippen molar-refractivity contribution in [2.45, 2.75) is 23.2 Å². The predicted molar refractivity (Wildman–Crippen MR) is 97.0 cm³/mol. The van der Waals surface area contributed by atoms with Gasteiger partial charge in [-0.3, -0.25) is 4.79 Å². The molecule has 1 aliphatic carbocycles. The van der Waals surface area contributed by atoms with E-state index in [0.29, 0.717) is 5.02 Å². The monoisotopic (exact) mass is 378 g/mol. The Bertz CT molecular complexity index is 865. The van der Waals surface area contributed by atoms with Gasteiger partial charge in [-0.2, -0.15) is 0 Å². The van der Waals surface area contributed by atoms with Crippen LogP contribution in [0.4, 0.5) is 0 Å². The van der Waals surface area contributed by atoms with E-state index in [1.165, 1.54) is 12.1 Å². The van der Waals surface area contributed by atoms with Crippen LogP contribution in [0.5, 0.6) is 0 Å². The van der Waals surface area contributed by atoms with E-state index in [1.807, 2.05) is 30.3 Å². The van der Waals surface area contributed by atoms with Crippen molar-refractivity contribution in [2.75, 3.05) is 13.1 Å². The standard InChI is InChI=1S/C18H19ClN2O3S/c19-15-7-4-8-16(13-15)25(23,24)21-12-11-20-17(22)18(9-10-18)14-5-2-1-3-6-14/h1-8,13,21H,9-12H2,(H,20,22). The van der Waals surface area contributed by atoms with E-state index in [1.54, 1.807) is 12.1 Å². The molecule has 2 aromatic carbocycles. The number of carbonyl (C=O) groups is 1. The molecule has 7 heteroatoms. The van der Waals surface area contributed by atoms with Crippen molar-refractivity contribution >= 4 is 27.5 Å². The van der Waals surface area contributed by atoms with Gasteiger partial charge in [0.15, 0.2) is 0 Å². The maximum atomic E-state index is 12.5. The molecular formula is C18H19ClN2O3S. The van der Waals surface area contributed by atoms with Gasteiger partial charge in [-0.25, -0.2) is 13.1 Å². The highest BCUT2D eigenvalue weighted by Gasteiger charge is 2.50. The van der Waals surface area contributed by atoms with Crippen LogP contribution in [0.15, 0.2) is 59.5 Å². The van der Waals surface area contributed by atoms with Gasteiger partial charge >= 0.3 is 0 Å². The third-order valence-corrected chi connectivity index (χ3v) is 6.01. The molecule has 0 aromatic heterocycles. The number of sulfonamides is 1. The SMILES string of the molecule is O=C(NCCNS(=O)(=O)c1cccc(Cl)c1)C1(c2ccccc2)CC1. The van der Waals surface area contributed by atoms with E-state index in [0.717, 1.165) is 18.4 Å². The number of benzene rings is 2.